The lowest BCUT2D eigenvalue weighted by Gasteiger charge is -2.30. The van der Waals surface area contributed by atoms with Crippen molar-refractivity contribution in [3.05, 3.63) is 23.8 Å². The molecule has 1 atom stereocenters. The molecule has 2 aliphatic heterocycles. The number of amides is 1. The highest BCUT2D eigenvalue weighted by molar-refractivity contribution is 6.19. The summed E-state index contributed by atoms with van der Waals surface area (Å²) in [5, 5.41) is 9.87. The molecule has 1 aromatic carbocycles. The minimum absolute atomic E-state index is 0. The zero-order valence-corrected chi connectivity index (χ0v) is 16.7. The summed E-state index contributed by atoms with van der Waals surface area (Å²) in [5.41, 5.74) is 1.12. The van der Waals surface area contributed by atoms with E-state index < -0.39 is 5.41 Å². The van der Waals surface area contributed by atoms with Crippen LogP contribution in [0.1, 0.15) is 38.7 Å². The van der Waals surface area contributed by atoms with Crippen LogP contribution in [0.3, 0.4) is 0 Å². The van der Waals surface area contributed by atoms with Gasteiger partial charge in [0.1, 0.15) is 0 Å². The monoisotopic (exact) mass is 381 g/mol. The summed E-state index contributed by atoms with van der Waals surface area (Å²) < 4.78 is 10.7. The van der Waals surface area contributed by atoms with Crippen LogP contribution in [0.15, 0.2) is 23.3 Å². The number of methoxy groups -OCH3 is 2. The van der Waals surface area contributed by atoms with E-state index in [0.29, 0.717) is 17.9 Å². The fourth-order valence-corrected chi connectivity index (χ4v) is 3.59. The van der Waals surface area contributed by atoms with E-state index in [1.807, 2.05) is 32.0 Å². The Kier molecular flexibility index (Phi) is 6.53. The smallest absolute Gasteiger partial charge is 0.254 e. The van der Waals surface area contributed by atoms with Gasteiger partial charge >= 0.3 is 0 Å². The van der Waals surface area contributed by atoms with E-state index in [1.54, 1.807) is 19.2 Å². The highest BCUT2D eigenvalue weighted by Crippen LogP contribution is 2.39. The van der Waals surface area contributed by atoms with Gasteiger partial charge in [-0.3, -0.25) is 4.79 Å². The van der Waals surface area contributed by atoms with E-state index in [1.165, 1.54) is 0 Å². The van der Waals surface area contributed by atoms with Crippen LogP contribution in [-0.2, 0) is 4.79 Å². The van der Waals surface area contributed by atoms with Crippen molar-refractivity contribution in [3.63, 3.8) is 0 Å². The first kappa shape index (κ1) is 20.5. The molecular weight excluding hydrogens is 354 g/mol. The van der Waals surface area contributed by atoms with Gasteiger partial charge in [-0.25, -0.2) is 5.01 Å². The Morgan fingerprint density at radius 3 is 2.46 bits per heavy atom. The van der Waals surface area contributed by atoms with E-state index in [2.05, 4.69) is 5.32 Å². The zero-order chi connectivity index (χ0) is 18.0. The lowest BCUT2D eigenvalue weighted by molar-refractivity contribution is -0.138. The lowest BCUT2D eigenvalue weighted by Crippen LogP contribution is -2.45. The van der Waals surface area contributed by atoms with Crippen LogP contribution in [0.25, 0.3) is 0 Å². The molecule has 1 aromatic rings. The van der Waals surface area contributed by atoms with Crippen LogP contribution in [0.5, 0.6) is 11.5 Å². The van der Waals surface area contributed by atoms with Crippen molar-refractivity contribution in [2.45, 2.75) is 39.2 Å². The molecule has 1 unspecified atom stereocenters. The molecule has 2 heterocycles. The minimum atomic E-state index is -0.607. The first-order valence-electron chi connectivity index (χ1n) is 8.91. The van der Waals surface area contributed by atoms with Gasteiger partial charge in [-0.2, -0.15) is 5.10 Å². The average molecular weight is 382 g/mol. The molecule has 0 spiro atoms. The molecular formula is C19H28ClN3O3. The number of piperidine rings is 1. The molecule has 1 fully saturated rings. The molecule has 26 heavy (non-hydrogen) atoms. The van der Waals surface area contributed by atoms with E-state index in [-0.39, 0.29) is 24.4 Å². The fourth-order valence-electron chi connectivity index (χ4n) is 3.59. The van der Waals surface area contributed by atoms with Gasteiger partial charge < -0.3 is 14.8 Å². The molecule has 0 saturated carbocycles. The molecule has 0 bridgehead atoms. The summed E-state index contributed by atoms with van der Waals surface area (Å²) in [6.07, 6.45) is 2.59. The van der Waals surface area contributed by atoms with Crippen molar-refractivity contribution in [2.75, 3.05) is 27.3 Å². The summed E-state index contributed by atoms with van der Waals surface area (Å²) in [5.74, 6) is 1.42. The van der Waals surface area contributed by atoms with Crippen LogP contribution in [0, 0.1) is 5.41 Å². The standard InChI is InChI=1S/C19H27N3O3.ClH/c1-5-19(2)17(13-6-7-15(24-3)16(12-13)25-4)21-22(18(19)23)14-8-10-20-11-9-14;/h6-7,12,14,20H,5,8-11H2,1-4H3;1H. The number of nitrogens with one attached hydrogen (secondary N) is 1. The average Bonchev–Trinajstić information content (AvgIpc) is 2.94. The lowest BCUT2D eigenvalue weighted by atomic mass is 9.79. The van der Waals surface area contributed by atoms with Crippen LogP contribution in [0.4, 0.5) is 0 Å². The third-order valence-corrected chi connectivity index (χ3v) is 5.43. The van der Waals surface area contributed by atoms with Gasteiger partial charge in [-0.15, -0.1) is 12.4 Å². The largest absolute Gasteiger partial charge is 0.493 e. The Labute approximate surface area is 161 Å². The first-order chi connectivity index (χ1) is 12.0. The molecule has 144 valence electrons. The second kappa shape index (κ2) is 8.27. The number of ether oxygens (including phenoxy) is 2. The van der Waals surface area contributed by atoms with E-state index in [9.17, 15) is 4.79 Å². The summed E-state index contributed by atoms with van der Waals surface area (Å²) in [4.78, 5) is 13.2. The number of nitrogens with zero attached hydrogens (tertiary/aromatic N) is 2. The van der Waals surface area contributed by atoms with Crippen molar-refractivity contribution in [1.82, 2.24) is 10.3 Å². The zero-order valence-electron chi connectivity index (χ0n) is 15.9. The fraction of sp³-hybridized carbons (Fsp3) is 0.579. The third kappa shape index (κ3) is 3.40. The minimum Gasteiger partial charge on any atom is -0.493 e. The highest BCUT2D eigenvalue weighted by Gasteiger charge is 2.48. The number of halogens is 1. The molecule has 1 N–H and O–H groups in total. The molecule has 0 aliphatic carbocycles. The highest BCUT2D eigenvalue weighted by atomic mass is 35.5. The summed E-state index contributed by atoms with van der Waals surface area (Å²) in [6, 6.07) is 5.90. The van der Waals surface area contributed by atoms with Gasteiger partial charge in [0, 0.05) is 5.56 Å². The number of hydrazone groups is 1. The van der Waals surface area contributed by atoms with Crippen LogP contribution in [0.2, 0.25) is 0 Å². The number of carbonyl (C=O) groups is 1. The molecule has 7 heteroatoms. The van der Waals surface area contributed by atoms with E-state index in [0.717, 1.165) is 37.2 Å². The Morgan fingerprint density at radius 1 is 1.23 bits per heavy atom. The number of hydrogen-bond acceptors (Lipinski definition) is 5. The van der Waals surface area contributed by atoms with Crippen molar-refractivity contribution < 1.29 is 14.3 Å². The Hall–Kier alpha value is -1.79. The molecule has 3 rings (SSSR count). The second-order valence-corrected chi connectivity index (χ2v) is 6.83. The summed E-state index contributed by atoms with van der Waals surface area (Å²) in [7, 11) is 3.23. The number of carbonyl (C=O) groups excluding carboxylic acids is 1. The predicted molar refractivity (Wildman–Crippen MR) is 104 cm³/mol. The van der Waals surface area contributed by atoms with Crippen molar-refractivity contribution >= 4 is 24.0 Å². The van der Waals surface area contributed by atoms with Crippen molar-refractivity contribution in [3.8, 4) is 11.5 Å². The van der Waals surface area contributed by atoms with Gasteiger partial charge in [0.05, 0.1) is 31.4 Å². The molecule has 0 aromatic heterocycles. The second-order valence-electron chi connectivity index (χ2n) is 6.83. The number of hydrogen-bond donors (Lipinski definition) is 1. The topological polar surface area (TPSA) is 63.2 Å². The quantitative estimate of drug-likeness (QED) is 0.851. The van der Waals surface area contributed by atoms with Gasteiger partial charge in [-0.05, 0) is 57.5 Å². The van der Waals surface area contributed by atoms with Crippen LogP contribution >= 0.6 is 12.4 Å². The van der Waals surface area contributed by atoms with Gasteiger partial charge in [0.15, 0.2) is 11.5 Å². The number of rotatable bonds is 5. The van der Waals surface area contributed by atoms with Crippen LogP contribution < -0.4 is 14.8 Å². The van der Waals surface area contributed by atoms with Gasteiger partial charge in [0.25, 0.3) is 5.91 Å². The predicted octanol–water partition coefficient (Wildman–Crippen LogP) is 2.84. The maximum atomic E-state index is 13.2. The van der Waals surface area contributed by atoms with Crippen molar-refractivity contribution in [1.29, 1.82) is 0 Å². The molecule has 1 saturated heterocycles. The molecule has 1 amide bonds. The summed E-state index contributed by atoms with van der Waals surface area (Å²) in [6.45, 7) is 5.89. The number of benzene rings is 1. The normalized spacial score (nSPS) is 23.5. The molecule has 2 aliphatic rings. The van der Waals surface area contributed by atoms with Crippen LogP contribution in [-0.4, -0.2) is 50.0 Å². The van der Waals surface area contributed by atoms with E-state index >= 15 is 0 Å². The Bertz CT molecular complexity index is 689. The maximum Gasteiger partial charge on any atom is 0.254 e. The molecule has 6 nitrogen and oxygen atoms in total. The maximum absolute atomic E-state index is 13.2. The Morgan fingerprint density at radius 2 is 1.88 bits per heavy atom. The van der Waals surface area contributed by atoms with Crippen molar-refractivity contribution in [2.24, 2.45) is 10.5 Å². The third-order valence-electron chi connectivity index (χ3n) is 5.43. The molecule has 0 radical (unpaired) electrons. The van der Waals surface area contributed by atoms with E-state index in [4.69, 9.17) is 14.6 Å². The summed E-state index contributed by atoms with van der Waals surface area (Å²) >= 11 is 0. The first-order valence-corrected chi connectivity index (χ1v) is 8.91. The van der Waals surface area contributed by atoms with Gasteiger partial charge in [-0.1, -0.05) is 6.92 Å². The SMILES string of the molecule is CCC1(C)C(=O)N(C2CCNCC2)N=C1c1ccc(OC)c(OC)c1.Cl. The van der Waals surface area contributed by atoms with Gasteiger partial charge in [0.2, 0.25) is 0 Å². The Balaban J connectivity index is 0.00000243.